The van der Waals surface area contributed by atoms with E-state index in [1.165, 1.54) is 13.2 Å². The maximum Gasteiger partial charge on any atom is 0.340 e. The first-order chi connectivity index (χ1) is 10.0. The molecule has 1 unspecified atom stereocenters. The van der Waals surface area contributed by atoms with Gasteiger partial charge in [0.15, 0.2) is 0 Å². The molecule has 21 heavy (non-hydrogen) atoms. The third-order valence-electron chi connectivity index (χ3n) is 3.90. The van der Waals surface area contributed by atoms with Gasteiger partial charge in [-0.2, -0.15) is 0 Å². The number of ether oxygens (including phenoxy) is 2. The fourth-order valence-electron chi connectivity index (χ4n) is 2.56. The zero-order valence-corrected chi connectivity index (χ0v) is 12.3. The Bertz CT molecular complexity index is 516. The molecule has 1 aliphatic rings. The first-order valence-electron chi connectivity index (χ1n) is 7.04. The second-order valence-electron chi connectivity index (χ2n) is 5.29. The monoisotopic (exact) mass is 296 g/mol. The van der Waals surface area contributed by atoms with Crippen LogP contribution in [0.1, 0.15) is 30.1 Å². The first kappa shape index (κ1) is 15.6. The van der Waals surface area contributed by atoms with Crippen molar-refractivity contribution in [3.8, 4) is 0 Å². The molecular formula is C15H21FN2O3. The molecule has 0 aliphatic carbocycles. The Morgan fingerprint density at radius 2 is 2.14 bits per heavy atom. The average Bonchev–Trinajstić information content (AvgIpc) is 2.50. The number of esters is 1. The van der Waals surface area contributed by atoms with Gasteiger partial charge in [0.1, 0.15) is 5.82 Å². The third kappa shape index (κ3) is 3.64. The largest absolute Gasteiger partial charge is 0.465 e. The summed E-state index contributed by atoms with van der Waals surface area (Å²) < 4.78 is 24.0. The van der Waals surface area contributed by atoms with Crippen LogP contribution in [0.5, 0.6) is 0 Å². The minimum Gasteiger partial charge on any atom is -0.465 e. The molecule has 116 valence electrons. The number of halogens is 1. The van der Waals surface area contributed by atoms with Crippen LogP contribution < -0.4 is 11.1 Å². The van der Waals surface area contributed by atoms with Crippen molar-refractivity contribution in [2.45, 2.75) is 25.8 Å². The van der Waals surface area contributed by atoms with Gasteiger partial charge in [0.2, 0.25) is 0 Å². The number of carbonyl (C=O) groups excluding carboxylic acids is 1. The second-order valence-corrected chi connectivity index (χ2v) is 5.29. The van der Waals surface area contributed by atoms with Gasteiger partial charge in [-0.25, -0.2) is 9.18 Å². The van der Waals surface area contributed by atoms with Crippen molar-refractivity contribution in [1.82, 2.24) is 0 Å². The Balaban J connectivity index is 2.16. The number of nitrogen functional groups attached to an aromatic ring is 1. The minimum absolute atomic E-state index is 0.0728. The zero-order valence-electron chi connectivity index (χ0n) is 12.3. The van der Waals surface area contributed by atoms with Crippen LogP contribution in [0, 0.1) is 11.7 Å². The molecule has 0 bridgehead atoms. The fourth-order valence-corrected chi connectivity index (χ4v) is 2.56. The predicted octanol–water partition coefficient (Wildman–Crippen LogP) is 2.42. The summed E-state index contributed by atoms with van der Waals surface area (Å²) in [6.45, 7) is 3.46. The van der Waals surface area contributed by atoms with Gasteiger partial charge < -0.3 is 20.5 Å². The van der Waals surface area contributed by atoms with Gasteiger partial charge in [0.25, 0.3) is 0 Å². The number of nitrogens with one attached hydrogen (secondary N) is 1. The molecule has 2 rings (SSSR count). The van der Waals surface area contributed by atoms with Gasteiger partial charge in [0, 0.05) is 24.9 Å². The summed E-state index contributed by atoms with van der Waals surface area (Å²) in [6.07, 6.45) is 1.88. The Kier molecular flexibility index (Phi) is 5.01. The molecule has 0 saturated carbocycles. The van der Waals surface area contributed by atoms with Crippen LogP contribution >= 0.6 is 0 Å². The van der Waals surface area contributed by atoms with Gasteiger partial charge in [-0.05, 0) is 37.8 Å². The van der Waals surface area contributed by atoms with Crippen LogP contribution in [0.4, 0.5) is 15.8 Å². The Morgan fingerprint density at radius 3 is 2.76 bits per heavy atom. The van der Waals surface area contributed by atoms with Gasteiger partial charge >= 0.3 is 5.97 Å². The maximum atomic E-state index is 14.0. The lowest BCUT2D eigenvalue weighted by molar-refractivity contribution is 0.0602. The van der Waals surface area contributed by atoms with Crippen LogP contribution in [0.3, 0.4) is 0 Å². The molecule has 0 radical (unpaired) electrons. The van der Waals surface area contributed by atoms with E-state index >= 15 is 0 Å². The van der Waals surface area contributed by atoms with Crippen molar-refractivity contribution in [3.05, 3.63) is 23.5 Å². The molecule has 1 heterocycles. The summed E-state index contributed by atoms with van der Waals surface area (Å²) in [5, 5.41) is 3.13. The molecular weight excluding hydrogens is 275 g/mol. The fraction of sp³-hybridized carbons (Fsp3) is 0.533. The normalized spacial score (nSPS) is 17.3. The standard InChI is InChI=1S/C15H21FN2O3/c1-9(10-3-5-21-6-4-10)18-14-7-11(15(19)20-2)13(17)8-12(14)16/h7-10,18H,3-6,17H2,1-2H3. The Labute approximate surface area is 123 Å². The number of rotatable bonds is 4. The van der Waals surface area contributed by atoms with E-state index in [2.05, 4.69) is 10.1 Å². The Hall–Kier alpha value is -1.82. The SMILES string of the molecule is COC(=O)c1cc(NC(C)C2CCOCC2)c(F)cc1N. The lowest BCUT2D eigenvalue weighted by Crippen LogP contribution is -2.31. The third-order valence-corrected chi connectivity index (χ3v) is 3.90. The highest BCUT2D eigenvalue weighted by atomic mass is 19.1. The van der Waals surface area contributed by atoms with Gasteiger partial charge in [-0.1, -0.05) is 0 Å². The van der Waals surface area contributed by atoms with Crippen LogP contribution in [-0.2, 0) is 9.47 Å². The number of nitrogens with two attached hydrogens (primary N) is 1. The highest BCUT2D eigenvalue weighted by molar-refractivity contribution is 5.96. The number of carbonyl (C=O) groups is 1. The van der Waals surface area contributed by atoms with E-state index in [1.54, 1.807) is 0 Å². The van der Waals surface area contributed by atoms with Crippen LogP contribution in [0.2, 0.25) is 0 Å². The minimum atomic E-state index is -0.575. The van der Waals surface area contributed by atoms with Gasteiger partial charge in [0.05, 0.1) is 18.4 Å². The zero-order chi connectivity index (χ0) is 15.4. The van der Waals surface area contributed by atoms with Crippen molar-refractivity contribution >= 4 is 17.3 Å². The predicted molar refractivity (Wildman–Crippen MR) is 78.8 cm³/mol. The van der Waals surface area contributed by atoms with E-state index in [0.29, 0.717) is 5.92 Å². The molecule has 3 N–H and O–H groups in total. The van der Waals surface area contributed by atoms with Crippen molar-refractivity contribution in [3.63, 3.8) is 0 Å². The summed E-state index contributed by atoms with van der Waals surface area (Å²) in [4.78, 5) is 11.6. The summed E-state index contributed by atoms with van der Waals surface area (Å²) >= 11 is 0. The molecule has 5 nitrogen and oxygen atoms in total. The molecule has 1 aliphatic heterocycles. The quantitative estimate of drug-likeness (QED) is 0.659. The van der Waals surface area contributed by atoms with Crippen molar-refractivity contribution in [2.75, 3.05) is 31.4 Å². The molecule has 0 spiro atoms. The number of hydrogen-bond acceptors (Lipinski definition) is 5. The maximum absolute atomic E-state index is 14.0. The molecule has 1 fully saturated rings. The molecule has 1 aromatic carbocycles. The summed E-state index contributed by atoms with van der Waals surface area (Å²) in [5.74, 6) is -0.634. The molecule has 1 aromatic rings. The summed E-state index contributed by atoms with van der Waals surface area (Å²) in [5.41, 5.74) is 6.16. The lowest BCUT2D eigenvalue weighted by Gasteiger charge is -2.29. The van der Waals surface area contributed by atoms with E-state index in [0.717, 1.165) is 32.1 Å². The van der Waals surface area contributed by atoms with Gasteiger partial charge in [-0.3, -0.25) is 0 Å². The second kappa shape index (κ2) is 6.76. The molecule has 1 atom stereocenters. The van der Waals surface area contributed by atoms with E-state index in [4.69, 9.17) is 10.5 Å². The summed E-state index contributed by atoms with van der Waals surface area (Å²) in [7, 11) is 1.27. The smallest absolute Gasteiger partial charge is 0.340 e. The molecule has 0 aromatic heterocycles. The van der Waals surface area contributed by atoms with E-state index in [1.807, 2.05) is 6.92 Å². The van der Waals surface area contributed by atoms with E-state index < -0.39 is 11.8 Å². The molecule has 1 saturated heterocycles. The number of anilines is 2. The first-order valence-corrected chi connectivity index (χ1v) is 7.04. The number of benzene rings is 1. The average molecular weight is 296 g/mol. The van der Waals surface area contributed by atoms with Crippen LogP contribution in [0.25, 0.3) is 0 Å². The Morgan fingerprint density at radius 1 is 1.48 bits per heavy atom. The van der Waals surface area contributed by atoms with E-state index in [9.17, 15) is 9.18 Å². The molecule has 6 heteroatoms. The number of methoxy groups -OCH3 is 1. The highest BCUT2D eigenvalue weighted by Crippen LogP contribution is 2.26. The van der Waals surface area contributed by atoms with Crippen molar-refractivity contribution < 1.29 is 18.7 Å². The van der Waals surface area contributed by atoms with E-state index in [-0.39, 0.29) is 23.0 Å². The van der Waals surface area contributed by atoms with Crippen molar-refractivity contribution in [1.29, 1.82) is 0 Å². The van der Waals surface area contributed by atoms with Gasteiger partial charge in [-0.15, -0.1) is 0 Å². The van der Waals surface area contributed by atoms with Crippen LogP contribution in [0.15, 0.2) is 12.1 Å². The summed E-state index contributed by atoms with van der Waals surface area (Å²) in [6, 6.07) is 2.63. The topological polar surface area (TPSA) is 73.6 Å². The number of hydrogen-bond donors (Lipinski definition) is 2. The lowest BCUT2D eigenvalue weighted by atomic mass is 9.92. The van der Waals surface area contributed by atoms with Crippen molar-refractivity contribution in [2.24, 2.45) is 5.92 Å². The molecule has 0 amide bonds. The highest BCUT2D eigenvalue weighted by Gasteiger charge is 2.22. The van der Waals surface area contributed by atoms with Crippen LogP contribution in [-0.4, -0.2) is 32.3 Å².